The molecule has 43 heavy (non-hydrogen) atoms. The van der Waals surface area contributed by atoms with E-state index in [9.17, 15) is 14.4 Å². The molecule has 3 aromatic carbocycles. The summed E-state index contributed by atoms with van der Waals surface area (Å²) < 4.78 is 28.6. The van der Waals surface area contributed by atoms with E-state index in [1.54, 1.807) is 48.4 Å². The van der Waals surface area contributed by atoms with Crippen LogP contribution in [0.1, 0.15) is 33.5 Å². The van der Waals surface area contributed by atoms with Gasteiger partial charge in [-0.1, -0.05) is 12.1 Å². The summed E-state index contributed by atoms with van der Waals surface area (Å²) in [7, 11) is 1.55. The lowest BCUT2D eigenvalue weighted by Crippen LogP contribution is -2.58. The number of benzene rings is 3. The second-order valence-corrected chi connectivity index (χ2v) is 10.7. The molecule has 0 saturated carbocycles. The van der Waals surface area contributed by atoms with Crippen LogP contribution in [0.15, 0.2) is 54.6 Å². The summed E-state index contributed by atoms with van der Waals surface area (Å²) in [5.74, 6) is 2.13. The van der Waals surface area contributed by atoms with Crippen LogP contribution in [-0.4, -0.2) is 68.4 Å². The third-order valence-electron chi connectivity index (χ3n) is 7.84. The summed E-state index contributed by atoms with van der Waals surface area (Å²) in [6, 6.07) is 15.5. The summed E-state index contributed by atoms with van der Waals surface area (Å²) in [6.07, 6.45) is 0.276. The van der Waals surface area contributed by atoms with Gasteiger partial charge < -0.3 is 39.2 Å². The van der Waals surface area contributed by atoms with E-state index in [0.29, 0.717) is 47.3 Å². The van der Waals surface area contributed by atoms with Gasteiger partial charge in [-0.05, 0) is 54.4 Å². The molecule has 0 unspecified atom stereocenters. The van der Waals surface area contributed by atoms with Crippen molar-refractivity contribution in [1.82, 2.24) is 15.5 Å². The molecular weight excluding hydrogens is 554 g/mol. The number of nitrogens with one attached hydrogen (secondary N) is 2. The number of likely N-dealkylation sites (tertiary alicyclic amines) is 1. The zero-order valence-corrected chi connectivity index (χ0v) is 24.0. The predicted octanol–water partition coefficient (Wildman–Crippen LogP) is 2.76. The highest BCUT2D eigenvalue weighted by atomic mass is 16.7. The predicted molar refractivity (Wildman–Crippen MR) is 155 cm³/mol. The van der Waals surface area contributed by atoms with Crippen LogP contribution in [0.2, 0.25) is 0 Å². The zero-order chi connectivity index (χ0) is 29.9. The van der Waals surface area contributed by atoms with Gasteiger partial charge in [-0.15, -0.1) is 0 Å². The minimum atomic E-state index is -0.503. The SMILES string of the molecule is COc1cc2ccc1CNC(=O)COc1cc(ccc1C)C(=O)N[C@H]1CN(C(=O)Cc3ccc4c(c3)OCO4)CC[C@H]1O2. The maximum absolute atomic E-state index is 13.5. The Morgan fingerprint density at radius 1 is 1.00 bits per heavy atom. The molecule has 0 spiro atoms. The van der Waals surface area contributed by atoms with Gasteiger partial charge in [0.15, 0.2) is 18.1 Å². The van der Waals surface area contributed by atoms with Crippen molar-refractivity contribution in [1.29, 1.82) is 0 Å². The summed E-state index contributed by atoms with van der Waals surface area (Å²) in [4.78, 5) is 41.2. The van der Waals surface area contributed by atoms with Gasteiger partial charge in [0.05, 0.1) is 19.6 Å². The summed E-state index contributed by atoms with van der Waals surface area (Å²) in [5, 5.41) is 5.93. The van der Waals surface area contributed by atoms with Gasteiger partial charge in [0.2, 0.25) is 12.7 Å². The number of amides is 3. The number of piperidine rings is 1. The number of hydrogen-bond acceptors (Lipinski definition) is 8. The van der Waals surface area contributed by atoms with Gasteiger partial charge in [0.1, 0.15) is 23.4 Å². The number of hydrogen-bond donors (Lipinski definition) is 2. The van der Waals surface area contributed by atoms with Crippen LogP contribution in [0.4, 0.5) is 0 Å². The van der Waals surface area contributed by atoms with Crippen molar-refractivity contribution in [2.75, 3.05) is 33.6 Å². The Balaban J connectivity index is 1.26. The highest BCUT2D eigenvalue weighted by Gasteiger charge is 2.35. The second kappa shape index (κ2) is 12.1. The minimum absolute atomic E-state index is 0.0656. The van der Waals surface area contributed by atoms with Crippen molar-refractivity contribution in [2.45, 2.75) is 38.5 Å². The molecule has 224 valence electrons. The maximum atomic E-state index is 13.5. The average molecular weight is 588 g/mol. The molecule has 2 atom stereocenters. The van der Waals surface area contributed by atoms with Crippen molar-refractivity contribution in [2.24, 2.45) is 0 Å². The standard InChI is InChI=1S/C32H33N3O8/c1-19-3-5-21-13-27(19)40-17-30(36)33-15-22-6-7-23(14-28(22)39-2)43-25-9-10-35(16-24(25)34-32(21)38)31(37)12-20-4-8-26-29(11-20)42-18-41-26/h3-8,11,13-14,24-25H,9-10,12,15-18H2,1-2H3,(H,33,36)(H,34,38)/t24-,25+/m0/s1. The Morgan fingerprint density at radius 3 is 2.72 bits per heavy atom. The third kappa shape index (κ3) is 6.30. The largest absolute Gasteiger partial charge is 0.496 e. The first kappa shape index (κ1) is 28.2. The lowest BCUT2D eigenvalue weighted by atomic mass is 9.99. The van der Waals surface area contributed by atoms with E-state index in [1.807, 2.05) is 25.1 Å². The fraction of sp³-hybridized carbons (Fsp3) is 0.344. The molecule has 2 N–H and O–H groups in total. The molecule has 11 heteroatoms. The number of carbonyl (C=O) groups excluding carboxylic acids is 3. The Morgan fingerprint density at radius 2 is 1.86 bits per heavy atom. The van der Waals surface area contributed by atoms with E-state index >= 15 is 0 Å². The maximum Gasteiger partial charge on any atom is 0.258 e. The molecule has 4 bridgehead atoms. The summed E-state index contributed by atoms with van der Waals surface area (Å²) >= 11 is 0. The van der Waals surface area contributed by atoms with Gasteiger partial charge in [-0.3, -0.25) is 14.4 Å². The zero-order valence-electron chi connectivity index (χ0n) is 24.0. The second-order valence-electron chi connectivity index (χ2n) is 10.7. The topological polar surface area (TPSA) is 125 Å². The molecule has 0 aliphatic carbocycles. The van der Waals surface area contributed by atoms with Gasteiger partial charge in [-0.2, -0.15) is 0 Å². The molecule has 0 radical (unpaired) electrons. The molecule has 11 nitrogen and oxygen atoms in total. The van der Waals surface area contributed by atoms with E-state index in [-0.39, 0.29) is 50.6 Å². The minimum Gasteiger partial charge on any atom is -0.496 e. The summed E-state index contributed by atoms with van der Waals surface area (Å²) in [6.45, 7) is 2.78. The molecule has 4 heterocycles. The van der Waals surface area contributed by atoms with Crippen LogP contribution < -0.4 is 34.3 Å². The Hall–Kier alpha value is -4.93. The molecule has 4 aliphatic heterocycles. The molecule has 3 amide bonds. The first-order valence-electron chi connectivity index (χ1n) is 14.2. The lowest BCUT2D eigenvalue weighted by molar-refractivity contribution is -0.133. The number of nitrogens with zero attached hydrogens (tertiary/aromatic N) is 1. The molecule has 0 aromatic heterocycles. The van der Waals surface area contributed by atoms with Crippen molar-refractivity contribution < 1.29 is 38.1 Å². The molecule has 1 saturated heterocycles. The highest BCUT2D eigenvalue weighted by Crippen LogP contribution is 2.33. The molecular formula is C32H33N3O8. The first-order valence-corrected chi connectivity index (χ1v) is 14.2. The molecule has 1 fully saturated rings. The fourth-order valence-corrected chi connectivity index (χ4v) is 5.43. The monoisotopic (exact) mass is 587 g/mol. The van der Waals surface area contributed by atoms with E-state index in [0.717, 1.165) is 16.7 Å². The Bertz CT molecular complexity index is 1560. The highest BCUT2D eigenvalue weighted by molar-refractivity contribution is 5.95. The third-order valence-corrected chi connectivity index (χ3v) is 7.84. The molecule has 4 aliphatic rings. The van der Waals surface area contributed by atoms with Crippen LogP contribution >= 0.6 is 0 Å². The Kier molecular flexibility index (Phi) is 7.95. The number of ether oxygens (including phenoxy) is 5. The number of fused-ring (bicyclic) bond motifs is 8. The van der Waals surface area contributed by atoms with Crippen LogP contribution in [-0.2, 0) is 22.6 Å². The van der Waals surface area contributed by atoms with Gasteiger partial charge in [-0.25, -0.2) is 0 Å². The van der Waals surface area contributed by atoms with Crippen molar-refractivity contribution in [3.63, 3.8) is 0 Å². The van der Waals surface area contributed by atoms with Crippen LogP contribution in [0, 0.1) is 6.92 Å². The van der Waals surface area contributed by atoms with E-state index in [4.69, 9.17) is 23.7 Å². The van der Waals surface area contributed by atoms with E-state index in [1.165, 1.54) is 0 Å². The van der Waals surface area contributed by atoms with Gasteiger partial charge in [0.25, 0.3) is 11.8 Å². The van der Waals surface area contributed by atoms with Crippen LogP contribution in [0.5, 0.6) is 28.7 Å². The normalized spacial score (nSPS) is 19.7. The quantitative estimate of drug-likeness (QED) is 0.480. The molecule has 3 aromatic rings. The Labute approximate surface area is 249 Å². The van der Waals surface area contributed by atoms with Crippen molar-refractivity contribution in [3.05, 3.63) is 76.9 Å². The number of rotatable bonds is 3. The number of methoxy groups -OCH3 is 1. The number of aryl methyl sites for hydroxylation is 1. The van der Waals surface area contributed by atoms with Gasteiger partial charge >= 0.3 is 0 Å². The van der Waals surface area contributed by atoms with Crippen molar-refractivity contribution >= 4 is 17.7 Å². The lowest BCUT2D eigenvalue weighted by Gasteiger charge is -2.39. The average Bonchev–Trinajstić information content (AvgIpc) is 3.48. The number of carbonyl (C=O) groups is 3. The van der Waals surface area contributed by atoms with Crippen LogP contribution in [0.3, 0.4) is 0 Å². The smallest absolute Gasteiger partial charge is 0.258 e. The van der Waals surface area contributed by atoms with E-state index in [2.05, 4.69) is 10.6 Å². The van der Waals surface area contributed by atoms with Crippen molar-refractivity contribution in [3.8, 4) is 28.7 Å². The fourth-order valence-electron chi connectivity index (χ4n) is 5.43. The van der Waals surface area contributed by atoms with E-state index < -0.39 is 12.1 Å². The summed E-state index contributed by atoms with van der Waals surface area (Å²) in [5.41, 5.74) is 2.76. The van der Waals surface area contributed by atoms with Crippen LogP contribution in [0.25, 0.3) is 0 Å². The first-order chi connectivity index (χ1) is 20.9. The van der Waals surface area contributed by atoms with Gasteiger partial charge in [0, 0.05) is 43.2 Å². The molecule has 7 rings (SSSR count).